The Morgan fingerprint density at radius 3 is 3.12 bits per heavy atom. The van der Waals surface area contributed by atoms with Gasteiger partial charge in [0, 0.05) is 12.6 Å². The highest BCUT2D eigenvalue weighted by atomic mass is 16.5. The van der Waals surface area contributed by atoms with Crippen LogP contribution in [0.2, 0.25) is 0 Å². The average molecular weight is 223 g/mol. The zero-order valence-electron chi connectivity index (χ0n) is 9.67. The second kappa shape index (κ2) is 4.25. The van der Waals surface area contributed by atoms with Crippen LogP contribution in [-0.2, 0) is 11.3 Å². The summed E-state index contributed by atoms with van der Waals surface area (Å²) in [6.45, 7) is 5.91. The molecule has 88 valence electrons. The highest BCUT2D eigenvalue weighted by Crippen LogP contribution is 2.24. The minimum Gasteiger partial charge on any atom is -0.361 e. The van der Waals surface area contributed by atoms with Gasteiger partial charge in [0.15, 0.2) is 0 Å². The summed E-state index contributed by atoms with van der Waals surface area (Å²) in [5, 5.41) is 9.93. The van der Waals surface area contributed by atoms with Gasteiger partial charge in [0.1, 0.15) is 11.5 Å². The molecule has 1 fully saturated rings. The molecule has 5 nitrogen and oxygen atoms in total. The van der Waals surface area contributed by atoms with Gasteiger partial charge in [-0.2, -0.15) is 0 Å². The minimum atomic E-state index is -0.279. The fourth-order valence-electron chi connectivity index (χ4n) is 1.90. The van der Waals surface area contributed by atoms with E-state index in [2.05, 4.69) is 15.8 Å². The van der Waals surface area contributed by atoms with E-state index in [1.165, 1.54) is 0 Å². The molecule has 5 heteroatoms. The van der Waals surface area contributed by atoms with E-state index in [1.54, 1.807) is 0 Å². The van der Waals surface area contributed by atoms with Crippen LogP contribution in [0.15, 0.2) is 10.6 Å². The van der Waals surface area contributed by atoms with Gasteiger partial charge < -0.3 is 15.2 Å². The summed E-state index contributed by atoms with van der Waals surface area (Å²) in [6, 6.07) is 1.83. The molecule has 1 saturated heterocycles. The Morgan fingerprint density at radius 1 is 1.75 bits per heavy atom. The second-order valence-electron chi connectivity index (χ2n) is 4.60. The molecule has 0 bridgehead atoms. The van der Waals surface area contributed by atoms with E-state index in [4.69, 9.17) is 4.52 Å². The molecule has 1 unspecified atom stereocenters. The van der Waals surface area contributed by atoms with E-state index in [9.17, 15) is 4.79 Å². The Bertz CT molecular complexity index is 380. The third-order valence-corrected chi connectivity index (χ3v) is 3.02. The summed E-state index contributed by atoms with van der Waals surface area (Å²) in [4.78, 5) is 11.9. The molecule has 0 aromatic carbocycles. The second-order valence-corrected chi connectivity index (χ2v) is 4.60. The average Bonchev–Trinajstić information content (AvgIpc) is 2.85. The largest absolute Gasteiger partial charge is 0.361 e. The van der Waals surface area contributed by atoms with E-state index in [1.807, 2.05) is 19.9 Å². The smallest absolute Gasteiger partial charge is 0.227 e. The molecule has 1 aromatic rings. The molecule has 16 heavy (non-hydrogen) atoms. The van der Waals surface area contributed by atoms with Crippen LogP contribution in [0.1, 0.15) is 24.8 Å². The SMILES string of the molecule is Cc1cc(CNC(=O)C2(C)CCNC2)no1. The number of hydrogen-bond acceptors (Lipinski definition) is 4. The van der Waals surface area contributed by atoms with Gasteiger partial charge in [-0.05, 0) is 26.8 Å². The molecule has 1 aromatic heterocycles. The van der Waals surface area contributed by atoms with Crippen LogP contribution >= 0.6 is 0 Å². The first-order valence-electron chi connectivity index (χ1n) is 5.51. The van der Waals surface area contributed by atoms with Gasteiger partial charge in [-0.3, -0.25) is 4.79 Å². The fraction of sp³-hybridized carbons (Fsp3) is 0.636. The number of hydrogen-bond donors (Lipinski definition) is 2. The lowest BCUT2D eigenvalue weighted by Crippen LogP contribution is -2.40. The molecule has 1 aliphatic rings. The summed E-state index contributed by atoms with van der Waals surface area (Å²) >= 11 is 0. The molecular formula is C11H17N3O2. The first kappa shape index (κ1) is 11.1. The third kappa shape index (κ3) is 2.24. The first-order chi connectivity index (χ1) is 7.60. The van der Waals surface area contributed by atoms with Crippen molar-refractivity contribution in [3.05, 3.63) is 17.5 Å². The number of aryl methyl sites for hydroxylation is 1. The number of carbonyl (C=O) groups is 1. The number of amides is 1. The summed E-state index contributed by atoms with van der Waals surface area (Å²) in [5.74, 6) is 0.844. The van der Waals surface area contributed by atoms with Gasteiger partial charge in [0.2, 0.25) is 5.91 Å². The highest BCUT2D eigenvalue weighted by Gasteiger charge is 2.35. The van der Waals surface area contributed by atoms with Crippen LogP contribution < -0.4 is 10.6 Å². The van der Waals surface area contributed by atoms with Crippen molar-refractivity contribution in [1.82, 2.24) is 15.8 Å². The molecule has 2 heterocycles. The zero-order chi connectivity index (χ0) is 11.6. The lowest BCUT2D eigenvalue weighted by atomic mass is 9.89. The van der Waals surface area contributed by atoms with Crippen LogP contribution in [0.3, 0.4) is 0 Å². The van der Waals surface area contributed by atoms with Crippen molar-refractivity contribution in [1.29, 1.82) is 0 Å². The summed E-state index contributed by atoms with van der Waals surface area (Å²) < 4.78 is 4.93. The topological polar surface area (TPSA) is 67.2 Å². The van der Waals surface area contributed by atoms with Gasteiger partial charge >= 0.3 is 0 Å². The first-order valence-corrected chi connectivity index (χ1v) is 5.51. The predicted octanol–water partition coefficient (Wildman–Crippen LogP) is 0.599. The Balaban J connectivity index is 1.88. The molecule has 0 spiro atoms. The molecule has 2 N–H and O–H groups in total. The summed E-state index contributed by atoms with van der Waals surface area (Å²) in [6.07, 6.45) is 0.886. The molecule has 1 aliphatic heterocycles. The molecule has 1 amide bonds. The van der Waals surface area contributed by atoms with E-state index in [-0.39, 0.29) is 11.3 Å². The number of carbonyl (C=O) groups excluding carboxylic acids is 1. The lowest BCUT2D eigenvalue weighted by Gasteiger charge is -2.20. The maximum Gasteiger partial charge on any atom is 0.227 e. The molecular weight excluding hydrogens is 206 g/mol. The van der Waals surface area contributed by atoms with Crippen molar-refractivity contribution < 1.29 is 9.32 Å². The maximum absolute atomic E-state index is 11.9. The highest BCUT2D eigenvalue weighted by molar-refractivity contribution is 5.82. The van der Waals surface area contributed by atoms with E-state index in [0.29, 0.717) is 6.54 Å². The molecule has 0 saturated carbocycles. The lowest BCUT2D eigenvalue weighted by molar-refractivity contribution is -0.129. The van der Waals surface area contributed by atoms with Gasteiger partial charge in [-0.1, -0.05) is 5.16 Å². The third-order valence-electron chi connectivity index (χ3n) is 3.02. The number of nitrogens with zero attached hydrogens (tertiary/aromatic N) is 1. The van der Waals surface area contributed by atoms with Crippen molar-refractivity contribution in [2.45, 2.75) is 26.8 Å². The normalized spacial score (nSPS) is 24.6. The maximum atomic E-state index is 11.9. The van der Waals surface area contributed by atoms with Crippen LogP contribution in [0.5, 0.6) is 0 Å². The molecule has 1 atom stereocenters. The monoisotopic (exact) mass is 223 g/mol. The van der Waals surface area contributed by atoms with Crippen molar-refractivity contribution in [3.63, 3.8) is 0 Å². The van der Waals surface area contributed by atoms with Crippen LogP contribution in [-0.4, -0.2) is 24.2 Å². The fourth-order valence-corrected chi connectivity index (χ4v) is 1.90. The van der Waals surface area contributed by atoms with Crippen molar-refractivity contribution in [2.24, 2.45) is 5.41 Å². The van der Waals surface area contributed by atoms with Crippen molar-refractivity contribution in [2.75, 3.05) is 13.1 Å². The van der Waals surface area contributed by atoms with Crippen molar-refractivity contribution in [3.8, 4) is 0 Å². The van der Waals surface area contributed by atoms with Gasteiger partial charge in [-0.25, -0.2) is 0 Å². The standard InChI is InChI=1S/C11H17N3O2/c1-8-5-9(14-16-8)6-13-10(15)11(2)3-4-12-7-11/h5,12H,3-4,6-7H2,1-2H3,(H,13,15). The van der Waals surface area contributed by atoms with E-state index in [0.717, 1.165) is 31.0 Å². The summed E-state index contributed by atoms with van der Waals surface area (Å²) in [5.41, 5.74) is 0.485. The molecule has 0 aliphatic carbocycles. The minimum absolute atomic E-state index is 0.0816. The van der Waals surface area contributed by atoms with Crippen LogP contribution in [0.25, 0.3) is 0 Å². The Morgan fingerprint density at radius 2 is 2.56 bits per heavy atom. The molecule has 0 radical (unpaired) electrons. The number of aromatic nitrogens is 1. The number of rotatable bonds is 3. The Kier molecular flexibility index (Phi) is 2.96. The van der Waals surface area contributed by atoms with E-state index < -0.39 is 0 Å². The van der Waals surface area contributed by atoms with Crippen molar-refractivity contribution >= 4 is 5.91 Å². The van der Waals surface area contributed by atoms with Gasteiger partial charge in [0.05, 0.1) is 12.0 Å². The molecule has 2 rings (SSSR count). The quantitative estimate of drug-likeness (QED) is 0.787. The predicted molar refractivity (Wildman–Crippen MR) is 58.7 cm³/mol. The van der Waals surface area contributed by atoms with Gasteiger partial charge in [-0.15, -0.1) is 0 Å². The Hall–Kier alpha value is -1.36. The van der Waals surface area contributed by atoms with Crippen LogP contribution in [0.4, 0.5) is 0 Å². The number of nitrogens with one attached hydrogen (secondary N) is 2. The zero-order valence-corrected chi connectivity index (χ0v) is 9.67. The van der Waals surface area contributed by atoms with Crippen LogP contribution in [0, 0.1) is 12.3 Å². The summed E-state index contributed by atoms with van der Waals surface area (Å²) in [7, 11) is 0. The van der Waals surface area contributed by atoms with Gasteiger partial charge in [0.25, 0.3) is 0 Å². The Labute approximate surface area is 94.6 Å². The van der Waals surface area contributed by atoms with E-state index >= 15 is 0 Å².